The normalized spacial score (nSPS) is 25.5. The monoisotopic (exact) mass is 504 g/mol. The van der Waals surface area contributed by atoms with Crippen molar-refractivity contribution in [2.24, 2.45) is 0 Å². The first kappa shape index (κ1) is 25.3. The fraction of sp³-hybridized carbons (Fsp3) is 0.483. The second-order valence-corrected chi connectivity index (χ2v) is 11.2. The van der Waals surface area contributed by atoms with Crippen LogP contribution in [0.4, 0.5) is 0 Å². The van der Waals surface area contributed by atoms with E-state index in [0.29, 0.717) is 36.1 Å². The molecule has 0 aromatic heterocycles. The Balaban J connectivity index is 1.45. The molecule has 2 amide bonds. The first-order chi connectivity index (χ1) is 17.6. The molecule has 2 aromatic carbocycles. The van der Waals surface area contributed by atoms with E-state index in [1.54, 1.807) is 18.2 Å². The topological polar surface area (TPSA) is 115 Å². The lowest BCUT2D eigenvalue weighted by molar-refractivity contribution is -0.134. The average molecular weight is 505 g/mol. The highest BCUT2D eigenvalue weighted by Gasteiger charge is 2.46. The Morgan fingerprint density at radius 2 is 1.92 bits per heavy atom. The van der Waals surface area contributed by atoms with Gasteiger partial charge < -0.3 is 20.5 Å². The van der Waals surface area contributed by atoms with Crippen molar-refractivity contribution < 1.29 is 19.4 Å². The predicted octanol–water partition coefficient (Wildman–Crippen LogP) is 3.99. The van der Waals surface area contributed by atoms with Gasteiger partial charge in [0.25, 0.3) is 5.91 Å². The van der Waals surface area contributed by atoms with Crippen molar-refractivity contribution in [3.63, 3.8) is 0 Å². The Kier molecular flexibility index (Phi) is 6.26. The van der Waals surface area contributed by atoms with Gasteiger partial charge in [-0.3, -0.25) is 19.9 Å². The maximum Gasteiger partial charge on any atom is 0.251 e. The summed E-state index contributed by atoms with van der Waals surface area (Å²) in [6.45, 7) is 8.00. The van der Waals surface area contributed by atoms with Gasteiger partial charge in [-0.25, -0.2) is 0 Å². The number of carbonyl (C=O) groups is 2. The number of benzene rings is 2. The molecule has 8 heteroatoms. The number of guanidine groups is 1. The van der Waals surface area contributed by atoms with Crippen molar-refractivity contribution in [1.29, 1.82) is 5.41 Å². The van der Waals surface area contributed by atoms with E-state index in [2.05, 4.69) is 10.6 Å². The standard InChI is InChI=1S/C29H36N4O4/c1-5-29(6-2)16-24(35)33(27(30)32-29)21-15-28(3,4)37-23-12-11-18(13-20(21)23)26(36)31-25-19-10-8-7-9-17(19)14-22(25)34/h7-13,21-22,25,34H,5-6,14-16H2,1-4H3,(H2,30,32)(H,31,36)/t21-,22-,25-/m1/s1. The predicted molar refractivity (Wildman–Crippen MR) is 141 cm³/mol. The van der Waals surface area contributed by atoms with E-state index in [4.69, 9.17) is 10.1 Å². The van der Waals surface area contributed by atoms with Gasteiger partial charge >= 0.3 is 0 Å². The fourth-order valence-corrected chi connectivity index (χ4v) is 6.02. The van der Waals surface area contributed by atoms with Crippen molar-refractivity contribution >= 4 is 17.8 Å². The number of ether oxygens (including phenoxy) is 1. The van der Waals surface area contributed by atoms with Crippen LogP contribution < -0.4 is 15.4 Å². The molecule has 4 N–H and O–H groups in total. The zero-order chi connectivity index (χ0) is 26.5. The molecule has 0 unspecified atom stereocenters. The maximum atomic E-state index is 13.5. The van der Waals surface area contributed by atoms with Crippen molar-refractivity contribution in [3.05, 3.63) is 64.7 Å². The number of rotatable bonds is 5. The van der Waals surface area contributed by atoms with Crippen LogP contribution in [0.5, 0.6) is 5.75 Å². The van der Waals surface area contributed by atoms with Gasteiger partial charge in [-0.05, 0) is 56.0 Å². The Morgan fingerprint density at radius 3 is 2.62 bits per heavy atom. The highest BCUT2D eigenvalue weighted by molar-refractivity contribution is 6.00. The SMILES string of the molecule is CCC1(CC)CC(=O)N([C@@H]2CC(C)(C)Oc3ccc(C(=O)N[C@@H]4c5ccccc5C[C@H]4O)cc32)C(=N)N1. The van der Waals surface area contributed by atoms with Crippen LogP contribution in [0.2, 0.25) is 0 Å². The summed E-state index contributed by atoms with van der Waals surface area (Å²) in [6.07, 6.45) is 2.12. The number of carbonyl (C=O) groups excluding carboxylic acids is 2. The highest BCUT2D eigenvalue weighted by atomic mass is 16.5. The summed E-state index contributed by atoms with van der Waals surface area (Å²) in [4.78, 5) is 28.3. The third-order valence-corrected chi connectivity index (χ3v) is 8.24. The molecular weight excluding hydrogens is 468 g/mol. The smallest absolute Gasteiger partial charge is 0.251 e. The second kappa shape index (κ2) is 9.17. The van der Waals surface area contributed by atoms with E-state index in [1.165, 1.54) is 4.90 Å². The molecule has 0 saturated carbocycles. The van der Waals surface area contributed by atoms with Crippen LogP contribution in [0.1, 0.15) is 92.5 Å². The largest absolute Gasteiger partial charge is 0.487 e. The zero-order valence-electron chi connectivity index (χ0n) is 21.9. The van der Waals surface area contributed by atoms with Gasteiger partial charge in [0.15, 0.2) is 5.96 Å². The van der Waals surface area contributed by atoms with Gasteiger partial charge in [0, 0.05) is 29.5 Å². The molecule has 5 rings (SSSR count). The lowest BCUT2D eigenvalue weighted by Gasteiger charge is -2.48. The molecule has 3 aliphatic rings. The van der Waals surface area contributed by atoms with Gasteiger partial charge in [-0.2, -0.15) is 0 Å². The molecule has 3 atom stereocenters. The third-order valence-electron chi connectivity index (χ3n) is 8.24. The molecule has 0 radical (unpaired) electrons. The first-order valence-corrected chi connectivity index (χ1v) is 13.1. The van der Waals surface area contributed by atoms with Gasteiger partial charge in [0.1, 0.15) is 11.4 Å². The quantitative estimate of drug-likeness (QED) is 0.492. The zero-order valence-corrected chi connectivity index (χ0v) is 21.9. The van der Waals surface area contributed by atoms with Crippen LogP contribution >= 0.6 is 0 Å². The molecular formula is C29H36N4O4. The number of amides is 2. The molecule has 2 aromatic rings. The summed E-state index contributed by atoms with van der Waals surface area (Å²) < 4.78 is 6.23. The van der Waals surface area contributed by atoms with E-state index in [0.717, 1.165) is 24.0 Å². The number of nitrogens with one attached hydrogen (secondary N) is 3. The van der Waals surface area contributed by atoms with E-state index in [9.17, 15) is 14.7 Å². The molecule has 0 spiro atoms. The molecule has 2 heterocycles. The Morgan fingerprint density at radius 1 is 1.19 bits per heavy atom. The fourth-order valence-electron chi connectivity index (χ4n) is 6.02. The Hall–Kier alpha value is -3.39. The second-order valence-electron chi connectivity index (χ2n) is 11.2. The molecule has 0 bridgehead atoms. The van der Waals surface area contributed by atoms with E-state index < -0.39 is 29.3 Å². The average Bonchev–Trinajstić information content (AvgIpc) is 3.17. The van der Waals surface area contributed by atoms with E-state index in [1.807, 2.05) is 52.0 Å². The van der Waals surface area contributed by atoms with E-state index >= 15 is 0 Å². The number of fused-ring (bicyclic) bond motifs is 2. The minimum atomic E-state index is -0.689. The van der Waals surface area contributed by atoms with Crippen molar-refractivity contribution in [3.8, 4) is 5.75 Å². The lowest BCUT2D eigenvalue weighted by atomic mass is 9.83. The van der Waals surface area contributed by atoms with Crippen LogP contribution in [0.25, 0.3) is 0 Å². The van der Waals surface area contributed by atoms with Gasteiger partial charge in [-0.1, -0.05) is 38.1 Å². The van der Waals surface area contributed by atoms with Crippen LogP contribution in [0.3, 0.4) is 0 Å². The summed E-state index contributed by atoms with van der Waals surface area (Å²) in [5.74, 6) is 0.296. The number of hydrogen-bond acceptors (Lipinski definition) is 5. The number of aliphatic hydroxyl groups excluding tert-OH is 1. The summed E-state index contributed by atoms with van der Waals surface area (Å²) in [7, 11) is 0. The Bertz CT molecular complexity index is 1230. The molecule has 2 aliphatic heterocycles. The first-order valence-electron chi connectivity index (χ1n) is 13.1. The van der Waals surface area contributed by atoms with E-state index in [-0.39, 0.29) is 17.8 Å². The maximum absolute atomic E-state index is 13.5. The molecule has 1 aliphatic carbocycles. The summed E-state index contributed by atoms with van der Waals surface area (Å²) in [6, 6.07) is 12.1. The highest BCUT2D eigenvalue weighted by Crippen LogP contribution is 2.44. The van der Waals surface area contributed by atoms with Crippen LogP contribution in [0.15, 0.2) is 42.5 Å². The third kappa shape index (κ3) is 4.48. The molecule has 1 saturated heterocycles. The van der Waals surface area contributed by atoms with Gasteiger partial charge in [0.2, 0.25) is 5.91 Å². The number of hydrogen-bond donors (Lipinski definition) is 4. The molecule has 37 heavy (non-hydrogen) atoms. The van der Waals surface area contributed by atoms with Crippen LogP contribution in [-0.4, -0.2) is 45.0 Å². The minimum absolute atomic E-state index is 0.0918. The Labute approximate surface area is 217 Å². The summed E-state index contributed by atoms with van der Waals surface area (Å²) in [5, 5.41) is 25.7. The van der Waals surface area contributed by atoms with Crippen LogP contribution in [-0.2, 0) is 11.2 Å². The molecule has 196 valence electrons. The van der Waals surface area contributed by atoms with Crippen molar-refractivity contribution in [2.75, 3.05) is 0 Å². The minimum Gasteiger partial charge on any atom is -0.487 e. The van der Waals surface area contributed by atoms with Gasteiger partial charge in [0.05, 0.1) is 24.6 Å². The summed E-state index contributed by atoms with van der Waals surface area (Å²) in [5.41, 5.74) is 2.13. The van der Waals surface area contributed by atoms with Crippen molar-refractivity contribution in [2.45, 2.75) is 89.1 Å². The lowest BCUT2D eigenvalue weighted by Crippen LogP contribution is -2.63. The molecule has 8 nitrogen and oxygen atoms in total. The molecule has 1 fully saturated rings. The number of aliphatic hydroxyl groups is 1. The summed E-state index contributed by atoms with van der Waals surface area (Å²) >= 11 is 0. The van der Waals surface area contributed by atoms with Crippen molar-refractivity contribution in [1.82, 2.24) is 15.5 Å². The van der Waals surface area contributed by atoms with Crippen LogP contribution in [0, 0.1) is 5.41 Å². The van der Waals surface area contributed by atoms with Gasteiger partial charge in [-0.15, -0.1) is 0 Å². The number of nitrogens with zero attached hydrogens (tertiary/aromatic N) is 1.